The number of hydrogen-bond acceptors (Lipinski definition) is 5. The molecule has 4 rings (SSSR count). The van der Waals surface area contributed by atoms with E-state index >= 15 is 0 Å². The fourth-order valence-electron chi connectivity index (χ4n) is 3.21. The summed E-state index contributed by atoms with van der Waals surface area (Å²) in [6.45, 7) is 6.45. The molecular formula is C24H23N3O2S2. The Morgan fingerprint density at radius 3 is 2.48 bits per heavy atom. The van der Waals surface area contributed by atoms with Crippen LogP contribution in [0.25, 0.3) is 21.3 Å². The van der Waals surface area contributed by atoms with Crippen LogP contribution in [-0.2, 0) is 10.2 Å². The summed E-state index contributed by atoms with van der Waals surface area (Å²) in [5, 5.41) is 5.87. The number of hydrogen-bond donors (Lipinski definition) is 2. The molecular weight excluding hydrogens is 426 g/mol. The van der Waals surface area contributed by atoms with Gasteiger partial charge in [0.15, 0.2) is 5.16 Å². The van der Waals surface area contributed by atoms with Crippen molar-refractivity contribution in [3.05, 3.63) is 75.9 Å². The van der Waals surface area contributed by atoms with Crippen molar-refractivity contribution in [3.8, 4) is 11.1 Å². The third kappa shape index (κ3) is 4.89. The first-order chi connectivity index (χ1) is 14.8. The highest BCUT2D eigenvalue weighted by atomic mass is 32.2. The normalized spacial score (nSPS) is 11.6. The molecule has 31 heavy (non-hydrogen) atoms. The molecule has 2 N–H and O–H groups in total. The molecule has 0 spiro atoms. The zero-order chi connectivity index (χ0) is 22.0. The first kappa shape index (κ1) is 21.3. The molecule has 0 atom stereocenters. The van der Waals surface area contributed by atoms with Gasteiger partial charge in [0, 0.05) is 16.6 Å². The smallest absolute Gasteiger partial charge is 0.260 e. The maximum Gasteiger partial charge on any atom is 0.260 e. The standard InChI is InChI=1S/C24H23N3O2S2/c1-24(2,3)16-9-11-17(12-10-16)25-19(28)14-31-23-26-21(29)20-18(13-30-22(20)27-23)15-7-5-4-6-8-15/h4-13H,14H2,1-3H3,(H,25,28)(H,26,27,29). The lowest BCUT2D eigenvalue weighted by molar-refractivity contribution is -0.113. The van der Waals surface area contributed by atoms with Crippen molar-refractivity contribution >= 4 is 44.9 Å². The van der Waals surface area contributed by atoms with Crippen LogP contribution in [0.4, 0.5) is 5.69 Å². The van der Waals surface area contributed by atoms with Crippen LogP contribution in [-0.4, -0.2) is 21.6 Å². The Morgan fingerprint density at radius 1 is 1.10 bits per heavy atom. The third-order valence-corrected chi connectivity index (χ3v) is 6.63. The number of H-pyrrole nitrogens is 1. The van der Waals surface area contributed by atoms with Crippen molar-refractivity contribution in [2.24, 2.45) is 0 Å². The van der Waals surface area contributed by atoms with Gasteiger partial charge in [0.25, 0.3) is 5.56 Å². The summed E-state index contributed by atoms with van der Waals surface area (Å²) in [5.41, 5.74) is 3.70. The Bertz CT molecular complexity index is 1270. The summed E-state index contributed by atoms with van der Waals surface area (Å²) in [6.07, 6.45) is 0. The van der Waals surface area contributed by atoms with E-state index in [9.17, 15) is 9.59 Å². The number of carbonyl (C=O) groups excluding carboxylic acids is 1. The Hall–Kier alpha value is -2.90. The molecule has 0 saturated heterocycles. The predicted octanol–water partition coefficient (Wildman–Crippen LogP) is 5.68. The minimum Gasteiger partial charge on any atom is -0.325 e. The Labute approximate surface area is 188 Å². The maximum absolute atomic E-state index is 12.7. The van der Waals surface area contributed by atoms with Crippen molar-refractivity contribution in [1.29, 1.82) is 0 Å². The average molecular weight is 450 g/mol. The van der Waals surface area contributed by atoms with E-state index in [-0.39, 0.29) is 22.6 Å². The minimum atomic E-state index is -0.189. The monoisotopic (exact) mass is 449 g/mol. The number of thioether (sulfide) groups is 1. The van der Waals surface area contributed by atoms with Crippen LogP contribution in [0, 0.1) is 0 Å². The van der Waals surface area contributed by atoms with Gasteiger partial charge in [0.1, 0.15) is 4.83 Å². The minimum absolute atomic E-state index is 0.0662. The second-order valence-electron chi connectivity index (χ2n) is 8.23. The third-order valence-electron chi connectivity index (χ3n) is 4.88. The van der Waals surface area contributed by atoms with Crippen molar-refractivity contribution < 1.29 is 4.79 Å². The predicted molar refractivity (Wildman–Crippen MR) is 130 cm³/mol. The molecule has 0 fully saturated rings. The van der Waals surface area contributed by atoms with Gasteiger partial charge in [-0.3, -0.25) is 9.59 Å². The molecule has 0 radical (unpaired) electrons. The highest BCUT2D eigenvalue weighted by Gasteiger charge is 2.15. The number of fused-ring (bicyclic) bond motifs is 1. The molecule has 2 aromatic carbocycles. The molecule has 4 aromatic rings. The number of aromatic amines is 1. The topological polar surface area (TPSA) is 74.8 Å². The van der Waals surface area contributed by atoms with E-state index in [1.54, 1.807) is 0 Å². The van der Waals surface area contributed by atoms with E-state index < -0.39 is 0 Å². The number of rotatable bonds is 5. The van der Waals surface area contributed by atoms with Crippen LogP contribution in [0.3, 0.4) is 0 Å². The van der Waals surface area contributed by atoms with Crippen LogP contribution in [0.5, 0.6) is 0 Å². The average Bonchev–Trinajstić information content (AvgIpc) is 3.17. The van der Waals surface area contributed by atoms with Gasteiger partial charge in [-0.1, -0.05) is 75.0 Å². The van der Waals surface area contributed by atoms with Gasteiger partial charge in [-0.25, -0.2) is 4.98 Å². The van der Waals surface area contributed by atoms with Gasteiger partial charge in [-0.05, 0) is 28.7 Å². The Morgan fingerprint density at radius 2 is 1.81 bits per heavy atom. The molecule has 158 valence electrons. The van der Waals surface area contributed by atoms with Crippen molar-refractivity contribution in [3.63, 3.8) is 0 Å². The lowest BCUT2D eigenvalue weighted by atomic mass is 9.87. The first-order valence-corrected chi connectivity index (χ1v) is 11.8. The Balaban J connectivity index is 1.44. The maximum atomic E-state index is 12.7. The van der Waals surface area contributed by atoms with Gasteiger partial charge < -0.3 is 10.3 Å². The van der Waals surface area contributed by atoms with Crippen LogP contribution in [0.15, 0.2) is 69.9 Å². The van der Waals surface area contributed by atoms with Crippen LogP contribution in [0.1, 0.15) is 26.3 Å². The van der Waals surface area contributed by atoms with E-state index in [0.29, 0.717) is 15.4 Å². The summed E-state index contributed by atoms with van der Waals surface area (Å²) < 4.78 is 0. The lowest BCUT2D eigenvalue weighted by Gasteiger charge is -2.19. The van der Waals surface area contributed by atoms with Gasteiger partial charge >= 0.3 is 0 Å². The number of amides is 1. The molecule has 2 aromatic heterocycles. The molecule has 0 aliphatic rings. The molecule has 0 saturated carbocycles. The van der Waals surface area contributed by atoms with Crippen LogP contribution in [0.2, 0.25) is 0 Å². The zero-order valence-electron chi connectivity index (χ0n) is 17.6. The summed E-state index contributed by atoms with van der Waals surface area (Å²) in [7, 11) is 0. The van der Waals surface area contributed by atoms with Gasteiger partial charge in [0.05, 0.1) is 11.1 Å². The number of aromatic nitrogens is 2. The molecule has 0 bridgehead atoms. The van der Waals surface area contributed by atoms with Crippen molar-refractivity contribution in [2.45, 2.75) is 31.3 Å². The van der Waals surface area contributed by atoms with Crippen LogP contribution < -0.4 is 10.9 Å². The largest absolute Gasteiger partial charge is 0.325 e. The molecule has 5 nitrogen and oxygen atoms in total. The number of thiophene rings is 1. The highest BCUT2D eigenvalue weighted by molar-refractivity contribution is 7.99. The second-order valence-corrected chi connectivity index (χ2v) is 10.1. The summed E-state index contributed by atoms with van der Waals surface area (Å²) in [4.78, 5) is 33.1. The number of nitrogens with one attached hydrogen (secondary N) is 2. The van der Waals surface area contributed by atoms with Gasteiger partial charge in [-0.2, -0.15) is 0 Å². The summed E-state index contributed by atoms with van der Waals surface area (Å²) in [6, 6.07) is 17.6. The molecule has 1 amide bonds. The Kier molecular flexibility index (Phi) is 5.98. The van der Waals surface area contributed by atoms with Gasteiger partial charge in [-0.15, -0.1) is 11.3 Å². The van der Waals surface area contributed by atoms with E-state index in [4.69, 9.17) is 0 Å². The molecule has 7 heteroatoms. The van der Waals surface area contributed by atoms with E-state index in [0.717, 1.165) is 16.8 Å². The van der Waals surface area contributed by atoms with Crippen molar-refractivity contribution in [2.75, 3.05) is 11.1 Å². The van der Waals surface area contributed by atoms with Gasteiger partial charge in [0.2, 0.25) is 5.91 Å². The van der Waals surface area contributed by atoms with Crippen molar-refractivity contribution in [1.82, 2.24) is 9.97 Å². The first-order valence-electron chi connectivity index (χ1n) is 9.91. The summed E-state index contributed by atoms with van der Waals surface area (Å²) in [5.74, 6) is 0.0132. The zero-order valence-corrected chi connectivity index (χ0v) is 19.2. The van der Waals surface area contributed by atoms with Crippen LogP contribution >= 0.6 is 23.1 Å². The highest BCUT2D eigenvalue weighted by Crippen LogP contribution is 2.31. The van der Waals surface area contributed by atoms with E-state index in [1.165, 1.54) is 28.7 Å². The van der Waals surface area contributed by atoms with E-state index in [2.05, 4.69) is 36.1 Å². The fraction of sp³-hybridized carbons (Fsp3) is 0.208. The molecule has 2 heterocycles. The molecule has 0 aliphatic heterocycles. The number of nitrogens with zero attached hydrogens (tertiary/aromatic N) is 1. The number of carbonyl (C=O) groups is 1. The number of benzene rings is 2. The second kappa shape index (κ2) is 8.69. The number of anilines is 1. The SMILES string of the molecule is CC(C)(C)c1ccc(NC(=O)CSc2nc3scc(-c4ccccc4)c3c(=O)[nH]2)cc1. The molecule has 0 aliphatic carbocycles. The lowest BCUT2D eigenvalue weighted by Crippen LogP contribution is -2.16. The molecule has 0 unspecified atom stereocenters. The van der Waals surface area contributed by atoms with E-state index in [1.807, 2.05) is 60.0 Å². The quantitative estimate of drug-likeness (QED) is 0.304. The fourth-order valence-corrected chi connectivity index (χ4v) is 4.88. The summed E-state index contributed by atoms with van der Waals surface area (Å²) >= 11 is 2.65.